The van der Waals surface area contributed by atoms with Crippen LogP contribution in [0.2, 0.25) is 5.02 Å². The van der Waals surface area contributed by atoms with E-state index in [0.717, 1.165) is 5.56 Å². The predicted octanol–water partition coefficient (Wildman–Crippen LogP) is 2.36. The van der Waals surface area contributed by atoms with Crippen LogP contribution in [0.25, 0.3) is 5.82 Å². The number of urea groups is 1. The molecule has 27 heavy (non-hydrogen) atoms. The summed E-state index contributed by atoms with van der Waals surface area (Å²) in [5.41, 5.74) is 1.46. The van der Waals surface area contributed by atoms with E-state index in [-0.39, 0.29) is 12.5 Å². The van der Waals surface area contributed by atoms with Crippen molar-refractivity contribution in [2.24, 2.45) is 0 Å². The lowest BCUT2D eigenvalue weighted by Gasteiger charge is -2.09. The molecule has 9 heteroatoms. The van der Waals surface area contributed by atoms with Crippen LogP contribution in [0.1, 0.15) is 5.56 Å². The fourth-order valence-corrected chi connectivity index (χ4v) is 2.37. The van der Waals surface area contributed by atoms with Gasteiger partial charge in [-0.3, -0.25) is 4.79 Å². The molecule has 0 aliphatic rings. The SMILES string of the molecule is O=C(CNC(=O)NCc1ccnc(-n2cccn2)c1)Nc1ccc(Cl)cc1. The van der Waals surface area contributed by atoms with E-state index in [1.807, 2.05) is 6.07 Å². The number of carbonyl (C=O) groups is 2. The van der Waals surface area contributed by atoms with Crippen LogP contribution in [0, 0.1) is 0 Å². The summed E-state index contributed by atoms with van der Waals surface area (Å²) in [6.45, 7) is 0.144. The molecular formula is C18H17ClN6O2. The summed E-state index contributed by atoms with van der Waals surface area (Å²) in [7, 11) is 0. The molecule has 3 aromatic rings. The Morgan fingerprint density at radius 3 is 2.63 bits per heavy atom. The number of anilines is 1. The third-order valence-electron chi connectivity index (χ3n) is 3.54. The predicted molar refractivity (Wildman–Crippen MR) is 102 cm³/mol. The molecule has 2 heterocycles. The van der Waals surface area contributed by atoms with Gasteiger partial charge in [0.2, 0.25) is 5.91 Å². The Bertz CT molecular complexity index is 912. The third kappa shape index (κ3) is 5.55. The van der Waals surface area contributed by atoms with E-state index >= 15 is 0 Å². The van der Waals surface area contributed by atoms with Crippen molar-refractivity contribution in [3.63, 3.8) is 0 Å². The summed E-state index contributed by atoms with van der Waals surface area (Å²) in [4.78, 5) is 28.0. The maximum atomic E-state index is 11.9. The summed E-state index contributed by atoms with van der Waals surface area (Å²) in [5.74, 6) is 0.319. The zero-order valence-electron chi connectivity index (χ0n) is 14.2. The number of amides is 3. The Balaban J connectivity index is 1.44. The molecule has 0 atom stereocenters. The molecule has 0 aliphatic carbocycles. The van der Waals surface area contributed by atoms with Gasteiger partial charge >= 0.3 is 6.03 Å². The van der Waals surface area contributed by atoms with Gasteiger partial charge in [0, 0.05) is 35.8 Å². The van der Waals surface area contributed by atoms with Crippen LogP contribution in [-0.2, 0) is 11.3 Å². The Morgan fingerprint density at radius 2 is 1.89 bits per heavy atom. The number of hydrogen-bond acceptors (Lipinski definition) is 4. The summed E-state index contributed by atoms with van der Waals surface area (Å²) in [5, 5.41) is 12.6. The van der Waals surface area contributed by atoms with Crippen LogP contribution < -0.4 is 16.0 Å². The Labute approximate surface area is 160 Å². The maximum absolute atomic E-state index is 11.9. The molecule has 8 nitrogen and oxygen atoms in total. The Morgan fingerprint density at radius 1 is 1.07 bits per heavy atom. The number of halogens is 1. The lowest BCUT2D eigenvalue weighted by molar-refractivity contribution is -0.115. The quantitative estimate of drug-likeness (QED) is 0.607. The van der Waals surface area contributed by atoms with Crippen LogP contribution >= 0.6 is 11.6 Å². The van der Waals surface area contributed by atoms with E-state index in [1.165, 1.54) is 0 Å². The van der Waals surface area contributed by atoms with Crippen molar-refractivity contribution in [3.05, 3.63) is 71.6 Å². The second kappa shape index (κ2) is 8.81. The van der Waals surface area contributed by atoms with Crippen LogP contribution in [-0.4, -0.2) is 33.2 Å². The first-order valence-corrected chi connectivity index (χ1v) is 8.50. The number of carbonyl (C=O) groups excluding carboxylic acids is 2. The molecule has 0 fully saturated rings. The largest absolute Gasteiger partial charge is 0.334 e. The summed E-state index contributed by atoms with van der Waals surface area (Å²) in [6.07, 6.45) is 5.09. The number of rotatable bonds is 6. The molecule has 0 saturated heterocycles. The average molecular weight is 385 g/mol. The van der Waals surface area contributed by atoms with E-state index in [0.29, 0.717) is 23.1 Å². The first kappa shape index (κ1) is 18.4. The van der Waals surface area contributed by atoms with Gasteiger partial charge in [-0.2, -0.15) is 5.10 Å². The number of aromatic nitrogens is 3. The van der Waals surface area contributed by atoms with Crippen molar-refractivity contribution in [1.29, 1.82) is 0 Å². The highest BCUT2D eigenvalue weighted by Crippen LogP contribution is 2.13. The van der Waals surface area contributed by atoms with Gasteiger partial charge in [0.05, 0.1) is 6.54 Å². The molecule has 3 amide bonds. The van der Waals surface area contributed by atoms with Gasteiger partial charge in [-0.05, 0) is 48.0 Å². The van der Waals surface area contributed by atoms with Crippen molar-refractivity contribution < 1.29 is 9.59 Å². The van der Waals surface area contributed by atoms with Gasteiger partial charge in [0.15, 0.2) is 5.82 Å². The smallest absolute Gasteiger partial charge is 0.315 e. The molecule has 0 aliphatic heterocycles. The maximum Gasteiger partial charge on any atom is 0.315 e. The molecular weight excluding hydrogens is 368 g/mol. The topological polar surface area (TPSA) is 101 Å². The van der Waals surface area contributed by atoms with Gasteiger partial charge in [-0.1, -0.05) is 11.6 Å². The van der Waals surface area contributed by atoms with Crippen LogP contribution in [0.4, 0.5) is 10.5 Å². The molecule has 0 radical (unpaired) electrons. The molecule has 0 spiro atoms. The minimum absolute atomic E-state index is 0.149. The average Bonchev–Trinajstić information content (AvgIpc) is 3.22. The Kier molecular flexibility index (Phi) is 6.01. The standard InChI is InChI=1S/C18H17ClN6O2/c19-14-2-4-15(5-3-14)24-17(26)12-22-18(27)21-11-13-6-8-20-16(10-13)25-9-1-7-23-25/h1-10H,11-12H2,(H,24,26)(H2,21,22,27). The molecule has 0 bridgehead atoms. The highest BCUT2D eigenvalue weighted by molar-refractivity contribution is 6.30. The second-order valence-corrected chi connectivity index (χ2v) is 6.00. The van der Waals surface area contributed by atoms with Crippen LogP contribution in [0.3, 0.4) is 0 Å². The van der Waals surface area contributed by atoms with E-state index in [2.05, 4.69) is 26.0 Å². The van der Waals surface area contributed by atoms with E-state index in [4.69, 9.17) is 11.6 Å². The fourth-order valence-electron chi connectivity index (χ4n) is 2.24. The van der Waals surface area contributed by atoms with Crippen molar-refractivity contribution in [2.75, 3.05) is 11.9 Å². The number of nitrogens with zero attached hydrogens (tertiary/aromatic N) is 3. The van der Waals surface area contributed by atoms with Crippen molar-refractivity contribution >= 4 is 29.2 Å². The summed E-state index contributed by atoms with van der Waals surface area (Å²) < 4.78 is 1.63. The molecule has 0 saturated carbocycles. The number of pyridine rings is 1. The van der Waals surface area contributed by atoms with Crippen LogP contribution in [0.15, 0.2) is 61.1 Å². The van der Waals surface area contributed by atoms with Crippen molar-refractivity contribution in [2.45, 2.75) is 6.54 Å². The van der Waals surface area contributed by atoms with E-state index in [1.54, 1.807) is 59.7 Å². The normalized spacial score (nSPS) is 10.3. The zero-order valence-corrected chi connectivity index (χ0v) is 15.0. The van der Waals surface area contributed by atoms with Gasteiger partial charge < -0.3 is 16.0 Å². The highest BCUT2D eigenvalue weighted by atomic mass is 35.5. The Hall–Kier alpha value is -3.39. The molecule has 3 rings (SSSR count). The molecule has 138 valence electrons. The highest BCUT2D eigenvalue weighted by Gasteiger charge is 2.06. The zero-order chi connectivity index (χ0) is 19.1. The summed E-state index contributed by atoms with van der Waals surface area (Å²) >= 11 is 5.79. The van der Waals surface area contributed by atoms with E-state index < -0.39 is 6.03 Å². The number of hydrogen-bond donors (Lipinski definition) is 3. The minimum Gasteiger partial charge on any atom is -0.334 e. The van der Waals surface area contributed by atoms with Crippen molar-refractivity contribution in [1.82, 2.24) is 25.4 Å². The lowest BCUT2D eigenvalue weighted by atomic mass is 10.2. The second-order valence-electron chi connectivity index (χ2n) is 5.56. The van der Waals surface area contributed by atoms with Crippen molar-refractivity contribution in [3.8, 4) is 5.82 Å². The van der Waals surface area contributed by atoms with Gasteiger partial charge in [0.1, 0.15) is 0 Å². The minimum atomic E-state index is -0.446. The van der Waals surface area contributed by atoms with E-state index in [9.17, 15) is 9.59 Å². The fraction of sp³-hybridized carbons (Fsp3) is 0.111. The number of benzene rings is 1. The van der Waals surface area contributed by atoms with Gasteiger partial charge in [-0.15, -0.1) is 0 Å². The first-order chi connectivity index (χ1) is 13.1. The van der Waals surface area contributed by atoms with Gasteiger partial charge in [0.25, 0.3) is 0 Å². The van der Waals surface area contributed by atoms with Gasteiger partial charge in [-0.25, -0.2) is 14.5 Å². The first-order valence-electron chi connectivity index (χ1n) is 8.12. The molecule has 1 aromatic carbocycles. The third-order valence-corrected chi connectivity index (χ3v) is 3.79. The summed E-state index contributed by atoms with van der Waals surface area (Å²) in [6, 6.07) is 11.7. The monoisotopic (exact) mass is 384 g/mol. The molecule has 2 aromatic heterocycles. The lowest BCUT2D eigenvalue weighted by Crippen LogP contribution is -2.39. The number of nitrogens with one attached hydrogen (secondary N) is 3. The molecule has 3 N–H and O–H groups in total. The van der Waals surface area contributed by atoms with Crippen LogP contribution in [0.5, 0.6) is 0 Å². The molecule has 0 unspecified atom stereocenters.